The van der Waals surface area contributed by atoms with Gasteiger partial charge in [-0.05, 0) is 31.2 Å². The van der Waals surface area contributed by atoms with Crippen LogP contribution >= 0.6 is 0 Å². The smallest absolute Gasteiger partial charge is 0.125 e. The van der Waals surface area contributed by atoms with E-state index in [-0.39, 0.29) is 5.82 Å². The Balaban J connectivity index is 2.43. The fourth-order valence-corrected chi connectivity index (χ4v) is 1.97. The molecular weight excluding hydrogens is 229 g/mol. The topological polar surface area (TPSA) is 23.5 Å². The molecule has 0 aliphatic heterocycles. The number of rotatable bonds is 3. The summed E-state index contributed by atoms with van der Waals surface area (Å²) in [5.41, 5.74) is 2.45. The molecule has 18 heavy (non-hydrogen) atoms. The molecule has 2 nitrogen and oxygen atoms in total. The fraction of sp³-hybridized carbons (Fsp3) is 0.200. The van der Waals surface area contributed by atoms with E-state index < -0.39 is 6.10 Å². The average molecular weight is 245 g/mol. The normalized spacial score (nSPS) is 12.2. The summed E-state index contributed by atoms with van der Waals surface area (Å²) in [7, 11) is 1.86. The molecule has 0 saturated carbocycles. The number of aliphatic hydroxyl groups is 1. The summed E-state index contributed by atoms with van der Waals surface area (Å²) in [6.07, 6.45) is -0.558. The molecule has 1 N–H and O–H groups in total. The minimum absolute atomic E-state index is 0.270. The van der Waals surface area contributed by atoms with Crippen molar-refractivity contribution in [3.05, 3.63) is 59.9 Å². The summed E-state index contributed by atoms with van der Waals surface area (Å²) in [4.78, 5) is 1.87. The Hall–Kier alpha value is -1.87. The lowest BCUT2D eigenvalue weighted by atomic mass is 10.1. The zero-order valence-electron chi connectivity index (χ0n) is 10.5. The molecular formula is C15H16FNO. The van der Waals surface area contributed by atoms with Gasteiger partial charge in [-0.2, -0.15) is 0 Å². The Bertz CT molecular complexity index is 540. The van der Waals surface area contributed by atoms with Gasteiger partial charge < -0.3 is 10.0 Å². The Morgan fingerprint density at radius 1 is 1.11 bits per heavy atom. The molecule has 0 aliphatic rings. The molecule has 0 saturated heterocycles. The van der Waals surface area contributed by atoms with E-state index in [1.165, 1.54) is 12.1 Å². The molecule has 0 aliphatic carbocycles. The van der Waals surface area contributed by atoms with E-state index in [4.69, 9.17) is 0 Å². The van der Waals surface area contributed by atoms with Crippen LogP contribution in [0.5, 0.6) is 0 Å². The van der Waals surface area contributed by atoms with E-state index in [9.17, 15) is 9.50 Å². The van der Waals surface area contributed by atoms with E-state index in [0.717, 1.165) is 16.9 Å². The number of benzene rings is 2. The molecule has 0 heterocycles. The predicted molar refractivity (Wildman–Crippen MR) is 71.5 cm³/mol. The highest BCUT2D eigenvalue weighted by molar-refractivity contribution is 5.66. The number of anilines is 2. The van der Waals surface area contributed by atoms with Crippen molar-refractivity contribution in [1.29, 1.82) is 0 Å². The van der Waals surface area contributed by atoms with Gasteiger partial charge in [-0.1, -0.05) is 24.3 Å². The predicted octanol–water partition coefficient (Wildman–Crippen LogP) is 3.65. The minimum atomic E-state index is -0.558. The van der Waals surface area contributed by atoms with Crippen molar-refractivity contribution >= 4 is 11.4 Å². The van der Waals surface area contributed by atoms with Crippen LogP contribution in [-0.2, 0) is 0 Å². The van der Waals surface area contributed by atoms with Crippen molar-refractivity contribution in [2.24, 2.45) is 0 Å². The number of hydrogen-bond acceptors (Lipinski definition) is 2. The van der Waals surface area contributed by atoms with Crippen LogP contribution in [-0.4, -0.2) is 12.2 Å². The quantitative estimate of drug-likeness (QED) is 0.892. The number of para-hydroxylation sites is 1. The van der Waals surface area contributed by atoms with Crippen LogP contribution in [0.1, 0.15) is 18.6 Å². The van der Waals surface area contributed by atoms with Crippen LogP contribution in [0.25, 0.3) is 0 Å². The third-order valence-electron chi connectivity index (χ3n) is 2.94. The molecule has 0 spiro atoms. The van der Waals surface area contributed by atoms with Gasteiger partial charge in [0.15, 0.2) is 0 Å². The largest absolute Gasteiger partial charge is 0.389 e. The lowest BCUT2D eigenvalue weighted by Crippen LogP contribution is -2.12. The maximum Gasteiger partial charge on any atom is 0.125 e. The highest BCUT2D eigenvalue weighted by Crippen LogP contribution is 2.30. The van der Waals surface area contributed by atoms with Crippen LogP contribution < -0.4 is 4.90 Å². The van der Waals surface area contributed by atoms with E-state index in [1.54, 1.807) is 13.0 Å². The third kappa shape index (κ3) is 2.51. The first-order valence-corrected chi connectivity index (χ1v) is 5.86. The van der Waals surface area contributed by atoms with E-state index in [2.05, 4.69) is 0 Å². The molecule has 1 unspecified atom stereocenters. The van der Waals surface area contributed by atoms with Gasteiger partial charge in [-0.15, -0.1) is 0 Å². The molecule has 2 rings (SSSR count). The Kier molecular flexibility index (Phi) is 3.63. The fourth-order valence-electron chi connectivity index (χ4n) is 1.97. The second-order valence-electron chi connectivity index (χ2n) is 4.27. The number of halogens is 1. The summed E-state index contributed by atoms with van der Waals surface area (Å²) in [6.45, 7) is 1.72. The number of hydrogen-bond donors (Lipinski definition) is 1. The first-order chi connectivity index (χ1) is 8.59. The molecule has 0 fully saturated rings. The van der Waals surface area contributed by atoms with E-state index in [1.807, 2.05) is 42.3 Å². The monoisotopic (exact) mass is 245 g/mol. The van der Waals surface area contributed by atoms with Gasteiger partial charge >= 0.3 is 0 Å². The van der Waals surface area contributed by atoms with Gasteiger partial charge in [0.1, 0.15) is 5.82 Å². The van der Waals surface area contributed by atoms with Crippen LogP contribution in [0.15, 0.2) is 48.5 Å². The standard InChI is InChI=1S/C15H16FNO/c1-11(18)14-8-3-4-9-15(14)17(2)13-7-5-6-12(16)10-13/h3-11,18H,1-2H3. The van der Waals surface area contributed by atoms with Crippen molar-refractivity contribution in [3.8, 4) is 0 Å². The summed E-state index contributed by atoms with van der Waals surface area (Å²) >= 11 is 0. The molecule has 1 atom stereocenters. The van der Waals surface area contributed by atoms with Gasteiger partial charge in [-0.3, -0.25) is 0 Å². The van der Waals surface area contributed by atoms with Gasteiger partial charge in [0.05, 0.1) is 6.10 Å². The zero-order chi connectivity index (χ0) is 13.1. The second-order valence-corrected chi connectivity index (χ2v) is 4.27. The van der Waals surface area contributed by atoms with Gasteiger partial charge in [0.2, 0.25) is 0 Å². The van der Waals surface area contributed by atoms with E-state index >= 15 is 0 Å². The SMILES string of the molecule is CC(O)c1ccccc1N(C)c1cccc(F)c1. The van der Waals surface area contributed by atoms with Crippen LogP contribution in [0.2, 0.25) is 0 Å². The van der Waals surface area contributed by atoms with Gasteiger partial charge in [-0.25, -0.2) is 4.39 Å². The highest BCUT2D eigenvalue weighted by atomic mass is 19.1. The minimum Gasteiger partial charge on any atom is -0.389 e. The molecule has 3 heteroatoms. The van der Waals surface area contributed by atoms with Crippen LogP contribution in [0.4, 0.5) is 15.8 Å². The maximum atomic E-state index is 13.2. The average Bonchev–Trinajstić information content (AvgIpc) is 2.38. The van der Waals surface area contributed by atoms with Crippen LogP contribution in [0.3, 0.4) is 0 Å². The highest BCUT2D eigenvalue weighted by Gasteiger charge is 2.12. The summed E-state index contributed by atoms with van der Waals surface area (Å²) in [5.74, 6) is -0.270. The summed E-state index contributed by atoms with van der Waals surface area (Å²) < 4.78 is 13.2. The van der Waals surface area contributed by atoms with Crippen molar-refractivity contribution in [3.63, 3.8) is 0 Å². The van der Waals surface area contributed by atoms with Crippen LogP contribution in [0, 0.1) is 5.82 Å². The van der Waals surface area contributed by atoms with Crippen molar-refractivity contribution in [2.75, 3.05) is 11.9 Å². The van der Waals surface area contributed by atoms with Crippen molar-refractivity contribution in [2.45, 2.75) is 13.0 Å². The lowest BCUT2D eigenvalue weighted by molar-refractivity contribution is 0.200. The van der Waals surface area contributed by atoms with Gasteiger partial charge in [0.25, 0.3) is 0 Å². The van der Waals surface area contributed by atoms with E-state index in [0.29, 0.717) is 0 Å². The Morgan fingerprint density at radius 3 is 2.50 bits per heavy atom. The number of aliphatic hydroxyl groups excluding tert-OH is 1. The molecule has 0 radical (unpaired) electrons. The summed E-state index contributed by atoms with van der Waals surface area (Å²) in [6, 6.07) is 14.0. The zero-order valence-corrected chi connectivity index (χ0v) is 10.5. The van der Waals surface area contributed by atoms with Crippen molar-refractivity contribution in [1.82, 2.24) is 0 Å². The summed E-state index contributed by atoms with van der Waals surface area (Å²) in [5, 5.41) is 9.75. The first-order valence-electron chi connectivity index (χ1n) is 5.86. The molecule has 2 aromatic rings. The molecule has 0 aromatic heterocycles. The second kappa shape index (κ2) is 5.19. The molecule has 0 bridgehead atoms. The third-order valence-corrected chi connectivity index (χ3v) is 2.94. The Morgan fingerprint density at radius 2 is 1.83 bits per heavy atom. The molecule has 0 amide bonds. The molecule has 2 aromatic carbocycles. The first kappa shape index (κ1) is 12.6. The lowest BCUT2D eigenvalue weighted by Gasteiger charge is -2.23. The van der Waals surface area contributed by atoms with Crippen molar-refractivity contribution < 1.29 is 9.50 Å². The number of nitrogens with zero attached hydrogens (tertiary/aromatic N) is 1. The van der Waals surface area contributed by atoms with Gasteiger partial charge in [0, 0.05) is 24.0 Å². The Labute approximate surface area is 106 Å². The molecule has 94 valence electrons. The maximum absolute atomic E-state index is 13.2.